The second kappa shape index (κ2) is 5.32. The van der Waals surface area contributed by atoms with Crippen molar-refractivity contribution in [3.63, 3.8) is 0 Å². The average molecular weight is 297 g/mol. The van der Waals surface area contributed by atoms with Gasteiger partial charge in [0.25, 0.3) is 5.69 Å². The Morgan fingerprint density at radius 3 is 2.65 bits per heavy atom. The molecule has 1 aromatic carbocycles. The van der Waals surface area contributed by atoms with Gasteiger partial charge in [-0.25, -0.2) is 0 Å². The topological polar surface area (TPSA) is 101 Å². The van der Waals surface area contributed by atoms with Crippen molar-refractivity contribution in [2.24, 2.45) is 0 Å². The lowest BCUT2D eigenvalue weighted by Crippen LogP contribution is -2.07. The van der Waals surface area contributed by atoms with Crippen molar-refractivity contribution in [3.8, 4) is 6.07 Å². The molecule has 0 heterocycles. The molecule has 86 valence electrons. The standard InChI is InChI=1S/C10H5BrN2O4/c11-3-9(15)7-2-1-6(5-14)10(13(16)17)8(7)4-12/h1-2,5H,3H2. The highest BCUT2D eigenvalue weighted by atomic mass is 79.9. The molecule has 0 N–H and O–H groups in total. The normalized spacial score (nSPS) is 9.41. The summed E-state index contributed by atoms with van der Waals surface area (Å²) >= 11 is 2.91. The van der Waals surface area contributed by atoms with Crippen LogP contribution in [-0.2, 0) is 0 Å². The van der Waals surface area contributed by atoms with Gasteiger partial charge in [-0.1, -0.05) is 15.9 Å². The van der Waals surface area contributed by atoms with E-state index in [0.29, 0.717) is 0 Å². The molecule has 17 heavy (non-hydrogen) atoms. The zero-order valence-corrected chi connectivity index (χ0v) is 9.93. The Balaban J connectivity index is 3.65. The fraction of sp³-hybridized carbons (Fsp3) is 0.100. The van der Waals surface area contributed by atoms with Crippen LogP contribution in [0.15, 0.2) is 12.1 Å². The number of carbonyl (C=O) groups excluding carboxylic acids is 2. The van der Waals surface area contributed by atoms with Crippen LogP contribution in [-0.4, -0.2) is 22.3 Å². The summed E-state index contributed by atoms with van der Waals surface area (Å²) in [6.45, 7) is 0. The van der Waals surface area contributed by atoms with Gasteiger partial charge in [-0.05, 0) is 12.1 Å². The van der Waals surface area contributed by atoms with Crippen molar-refractivity contribution in [3.05, 3.63) is 38.9 Å². The van der Waals surface area contributed by atoms with E-state index in [9.17, 15) is 19.7 Å². The summed E-state index contributed by atoms with van der Waals surface area (Å²) in [5.74, 6) is -0.456. The van der Waals surface area contributed by atoms with Crippen molar-refractivity contribution < 1.29 is 14.5 Å². The van der Waals surface area contributed by atoms with Crippen LogP contribution in [0.5, 0.6) is 0 Å². The maximum Gasteiger partial charge on any atom is 0.298 e. The second-order valence-electron chi connectivity index (χ2n) is 2.97. The Morgan fingerprint density at radius 2 is 2.24 bits per heavy atom. The molecule has 0 saturated heterocycles. The van der Waals surface area contributed by atoms with Gasteiger partial charge in [0.05, 0.1) is 15.8 Å². The number of nitrogens with zero attached hydrogens (tertiary/aromatic N) is 2. The number of nitriles is 1. The van der Waals surface area contributed by atoms with Crippen LogP contribution in [0.2, 0.25) is 0 Å². The molecule has 0 fully saturated rings. The third-order valence-corrected chi connectivity index (χ3v) is 2.56. The summed E-state index contributed by atoms with van der Waals surface area (Å²) in [7, 11) is 0. The maximum atomic E-state index is 11.5. The van der Waals surface area contributed by atoms with Crippen LogP contribution in [0.4, 0.5) is 5.69 Å². The van der Waals surface area contributed by atoms with Gasteiger partial charge in [-0.3, -0.25) is 19.7 Å². The molecule has 7 heteroatoms. The number of rotatable bonds is 4. The number of nitro benzene ring substituents is 1. The number of alkyl halides is 1. The largest absolute Gasteiger partial charge is 0.298 e. The number of nitro groups is 1. The Labute approximate surface area is 104 Å². The number of hydrogen-bond acceptors (Lipinski definition) is 5. The first-order chi connectivity index (χ1) is 8.06. The van der Waals surface area contributed by atoms with Crippen molar-refractivity contribution in [2.75, 3.05) is 5.33 Å². The molecule has 0 aliphatic carbocycles. The molecule has 0 aliphatic rings. The number of carbonyl (C=O) groups is 2. The fourth-order valence-corrected chi connectivity index (χ4v) is 1.62. The number of halogens is 1. The van der Waals surface area contributed by atoms with E-state index in [1.165, 1.54) is 6.07 Å². The monoisotopic (exact) mass is 296 g/mol. The highest BCUT2D eigenvalue weighted by molar-refractivity contribution is 9.09. The molecule has 6 nitrogen and oxygen atoms in total. The van der Waals surface area contributed by atoms with Crippen LogP contribution in [0.1, 0.15) is 26.3 Å². The lowest BCUT2D eigenvalue weighted by molar-refractivity contribution is -0.385. The van der Waals surface area contributed by atoms with E-state index >= 15 is 0 Å². The SMILES string of the molecule is N#Cc1c(C(=O)CBr)ccc(C=O)c1[N+](=O)[O-]. The first-order valence-corrected chi connectivity index (χ1v) is 5.44. The molecular weight excluding hydrogens is 292 g/mol. The summed E-state index contributed by atoms with van der Waals surface area (Å²) in [5.41, 5.74) is -1.31. The molecule has 0 radical (unpaired) electrons. The molecule has 0 atom stereocenters. The van der Waals surface area contributed by atoms with Crippen molar-refractivity contribution in [2.45, 2.75) is 0 Å². The first-order valence-electron chi connectivity index (χ1n) is 4.32. The van der Waals surface area contributed by atoms with Crippen molar-refractivity contribution in [1.29, 1.82) is 5.26 Å². The summed E-state index contributed by atoms with van der Waals surface area (Å²) in [6, 6.07) is 3.98. The van der Waals surface area contributed by atoms with Gasteiger partial charge in [0, 0.05) is 5.56 Å². The number of Topliss-reactive ketones (excluding diaryl/α,β-unsaturated/α-hetero) is 1. The molecule has 0 unspecified atom stereocenters. The molecule has 0 aromatic heterocycles. The summed E-state index contributed by atoms with van der Waals surface area (Å²) in [6.07, 6.45) is 0.279. The lowest BCUT2D eigenvalue weighted by Gasteiger charge is -2.03. The highest BCUT2D eigenvalue weighted by Crippen LogP contribution is 2.26. The zero-order chi connectivity index (χ0) is 13.0. The molecule has 0 bridgehead atoms. The van der Waals surface area contributed by atoms with Gasteiger partial charge in [0.2, 0.25) is 0 Å². The molecule has 1 aromatic rings. The van der Waals surface area contributed by atoms with Crippen LogP contribution in [0.3, 0.4) is 0 Å². The third kappa shape index (κ3) is 2.37. The van der Waals surface area contributed by atoms with E-state index in [2.05, 4.69) is 15.9 Å². The molecule has 1 rings (SSSR count). The summed E-state index contributed by atoms with van der Waals surface area (Å²) in [4.78, 5) is 32.1. The van der Waals surface area contributed by atoms with Crippen LogP contribution >= 0.6 is 15.9 Å². The minimum Gasteiger partial charge on any atom is -0.298 e. The van der Waals surface area contributed by atoms with Crippen LogP contribution in [0, 0.1) is 21.4 Å². The van der Waals surface area contributed by atoms with Gasteiger partial charge in [-0.15, -0.1) is 0 Å². The van der Waals surface area contributed by atoms with Gasteiger partial charge >= 0.3 is 0 Å². The predicted octanol–water partition coefficient (Wildman–Crippen LogP) is 1.86. The summed E-state index contributed by atoms with van der Waals surface area (Å²) < 4.78 is 0. The number of ketones is 1. The average Bonchev–Trinajstić information content (AvgIpc) is 2.35. The smallest absolute Gasteiger partial charge is 0.298 e. The molecular formula is C10H5BrN2O4. The van der Waals surface area contributed by atoms with Gasteiger partial charge in [0.1, 0.15) is 11.6 Å². The van der Waals surface area contributed by atoms with Gasteiger partial charge in [0.15, 0.2) is 12.1 Å². The van der Waals surface area contributed by atoms with Crippen LogP contribution < -0.4 is 0 Å². The Morgan fingerprint density at radius 1 is 1.59 bits per heavy atom. The Bertz CT molecular complexity index is 548. The Kier molecular flexibility index (Phi) is 4.06. The molecule has 0 saturated carbocycles. The van der Waals surface area contributed by atoms with E-state index in [1.807, 2.05) is 0 Å². The second-order valence-corrected chi connectivity index (χ2v) is 3.53. The van der Waals surface area contributed by atoms with Crippen molar-refractivity contribution in [1.82, 2.24) is 0 Å². The molecule has 0 amide bonds. The Hall–Kier alpha value is -2.07. The first kappa shape index (κ1) is 13.0. The van der Waals surface area contributed by atoms with Crippen LogP contribution in [0.25, 0.3) is 0 Å². The van der Waals surface area contributed by atoms with E-state index in [0.717, 1.165) is 6.07 Å². The minimum absolute atomic E-state index is 0.0563. The van der Waals surface area contributed by atoms with E-state index < -0.39 is 16.4 Å². The number of hydrogen-bond donors (Lipinski definition) is 0. The van der Waals surface area contributed by atoms with Gasteiger partial charge in [-0.2, -0.15) is 5.26 Å². The third-order valence-electron chi connectivity index (χ3n) is 2.05. The van der Waals surface area contributed by atoms with Gasteiger partial charge < -0.3 is 0 Å². The van der Waals surface area contributed by atoms with E-state index in [-0.39, 0.29) is 28.3 Å². The van der Waals surface area contributed by atoms with Crippen molar-refractivity contribution >= 4 is 33.7 Å². The molecule has 0 spiro atoms. The minimum atomic E-state index is -0.840. The lowest BCUT2D eigenvalue weighted by atomic mass is 10.00. The fourth-order valence-electron chi connectivity index (χ4n) is 1.32. The molecule has 0 aliphatic heterocycles. The predicted molar refractivity (Wildman–Crippen MR) is 61.3 cm³/mol. The van der Waals surface area contributed by atoms with E-state index in [4.69, 9.17) is 5.26 Å². The highest BCUT2D eigenvalue weighted by Gasteiger charge is 2.25. The quantitative estimate of drug-likeness (QED) is 0.277. The number of aldehydes is 1. The number of benzene rings is 1. The summed E-state index contributed by atoms with van der Waals surface area (Å²) in [5, 5.41) is 19.6. The van der Waals surface area contributed by atoms with E-state index in [1.54, 1.807) is 6.07 Å². The zero-order valence-electron chi connectivity index (χ0n) is 8.34. The maximum absolute atomic E-state index is 11.5.